The molecule has 0 bridgehead atoms. The van der Waals surface area contributed by atoms with Crippen LogP contribution >= 0.6 is 0 Å². The first-order valence-electron chi connectivity index (χ1n) is 5.50. The Morgan fingerprint density at radius 3 is 1.43 bits per heavy atom. The zero-order chi connectivity index (χ0) is 14.8. The Kier molecular flexibility index (Phi) is 18.5. The summed E-state index contributed by atoms with van der Waals surface area (Å²) in [6.45, 7) is -1.83. The van der Waals surface area contributed by atoms with Crippen LogP contribution in [0.15, 0.2) is 0 Å². The number of aliphatic hydroxyl groups is 1. The van der Waals surface area contributed by atoms with Gasteiger partial charge in [-0.05, 0) is 0 Å². The molecular formula is C10H15MgN2NaO7. The molecule has 0 unspecified atom stereocenters. The van der Waals surface area contributed by atoms with Gasteiger partial charge in [0.05, 0.1) is 24.5 Å². The van der Waals surface area contributed by atoms with Gasteiger partial charge in [-0.1, -0.05) is 0 Å². The fourth-order valence-electron chi connectivity index (χ4n) is 1.46. The van der Waals surface area contributed by atoms with Crippen molar-refractivity contribution in [2.75, 3.05) is 45.9 Å². The molecule has 1 N–H and O–H groups in total. The maximum Gasteiger partial charge on any atom is 2.00 e. The Labute approximate surface area is 160 Å². The summed E-state index contributed by atoms with van der Waals surface area (Å²) in [6.07, 6.45) is 0. The molecule has 0 amide bonds. The van der Waals surface area contributed by atoms with Gasteiger partial charge in [0, 0.05) is 39.3 Å². The number of carboxylic acids is 3. The van der Waals surface area contributed by atoms with E-state index in [0.29, 0.717) is 0 Å². The van der Waals surface area contributed by atoms with E-state index in [-0.39, 0.29) is 78.9 Å². The molecule has 0 rings (SSSR count). The van der Waals surface area contributed by atoms with Crippen LogP contribution in [-0.4, -0.2) is 102 Å². The molecule has 0 atom stereocenters. The Morgan fingerprint density at radius 2 is 1.10 bits per heavy atom. The Bertz CT molecular complexity index is 317. The number of carboxylic acid groups (broad SMARTS) is 3. The van der Waals surface area contributed by atoms with Crippen LogP contribution in [0.2, 0.25) is 0 Å². The summed E-state index contributed by atoms with van der Waals surface area (Å²) in [5.41, 5.74) is 0. The molecule has 0 radical (unpaired) electrons. The first-order valence-corrected chi connectivity index (χ1v) is 5.50. The van der Waals surface area contributed by atoms with Crippen LogP contribution in [0, 0.1) is 0 Å². The number of aliphatic hydroxyl groups excluding tert-OH is 1. The average Bonchev–Trinajstić information content (AvgIpc) is 2.23. The fourth-order valence-corrected chi connectivity index (χ4v) is 1.46. The molecule has 0 aromatic carbocycles. The van der Waals surface area contributed by atoms with E-state index < -0.39 is 37.5 Å². The molecule has 0 aromatic heterocycles. The topological polar surface area (TPSA) is 147 Å². The summed E-state index contributed by atoms with van der Waals surface area (Å²) >= 11 is 0. The van der Waals surface area contributed by atoms with E-state index in [4.69, 9.17) is 5.11 Å². The number of rotatable bonds is 11. The minimum atomic E-state index is -1.45. The van der Waals surface area contributed by atoms with Gasteiger partial charge in [0.25, 0.3) is 0 Å². The van der Waals surface area contributed by atoms with Crippen molar-refractivity contribution in [3.63, 3.8) is 0 Å². The third-order valence-electron chi connectivity index (χ3n) is 2.21. The smallest absolute Gasteiger partial charge is 0.549 e. The number of nitrogens with zero attached hydrogens (tertiary/aromatic N) is 2. The monoisotopic (exact) mass is 322 g/mol. The van der Waals surface area contributed by atoms with E-state index in [0.717, 1.165) is 4.90 Å². The molecular weight excluding hydrogens is 307 g/mol. The van der Waals surface area contributed by atoms with Crippen LogP contribution in [0.4, 0.5) is 0 Å². The van der Waals surface area contributed by atoms with Crippen LogP contribution in [0.1, 0.15) is 0 Å². The van der Waals surface area contributed by atoms with Crippen molar-refractivity contribution in [2.45, 2.75) is 0 Å². The van der Waals surface area contributed by atoms with Gasteiger partial charge in [-0.15, -0.1) is 0 Å². The van der Waals surface area contributed by atoms with E-state index >= 15 is 0 Å². The second kappa shape index (κ2) is 15.0. The second-order valence-corrected chi connectivity index (χ2v) is 3.83. The van der Waals surface area contributed by atoms with Crippen molar-refractivity contribution >= 4 is 41.0 Å². The predicted molar refractivity (Wildman–Crippen MR) is 60.7 cm³/mol. The molecule has 0 aliphatic carbocycles. The van der Waals surface area contributed by atoms with Crippen molar-refractivity contribution < 1.29 is 64.4 Å². The molecule has 0 aliphatic heterocycles. The molecule has 0 heterocycles. The van der Waals surface area contributed by atoms with Crippen LogP contribution in [0.5, 0.6) is 0 Å². The SMILES string of the molecule is O=C([O-])CN(CCO)CCN(CC(=O)[O-])CC(=O)[O-].[Mg+2].[Na+]. The number of aliphatic carboxylic acids is 3. The summed E-state index contributed by atoms with van der Waals surface area (Å²) in [4.78, 5) is 33.6. The minimum absolute atomic E-state index is 0. The molecule has 110 valence electrons. The first kappa shape index (κ1) is 26.0. The molecule has 11 heteroatoms. The molecule has 21 heavy (non-hydrogen) atoms. The molecule has 0 aliphatic rings. The Morgan fingerprint density at radius 1 is 0.762 bits per heavy atom. The fraction of sp³-hybridized carbons (Fsp3) is 0.700. The summed E-state index contributed by atoms with van der Waals surface area (Å²) in [5, 5.41) is 40.0. The van der Waals surface area contributed by atoms with Crippen LogP contribution in [0.25, 0.3) is 0 Å². The Balaban J connectivity index is -0.00000162. The summed E-state index contributed by atoms with van der Waals surface area (Å²) in [7, 11) is 0. The number of carbonyl (C=O) groups excluding carboxylic acids is 3. The zero-order valence-electron chi connectivity index (χ0n) is 11.9. The van der Waals surface area contributed by atoms with Crippen molar-refractivity contribution in [1.82, 2.24) is 9.80 Å². The van der Waals surface area contributed by atoms with Gasteiger partial charge >= 0.3 is 52.6 Å². The zero-order valence-corrected chi connectivity index (χ0v) is 15.4. The van der Waals surface area contributed by atoms with Crippen molar-refractivity contribution in [2.24, 2.45) is 0 Å². The van der Waals surface area contributed by atoms with E-state index in [1.54, 1.807) is 0 Å². The summed E-state index contributed by atoms with van der Waals surface area (Å²) in [6, 6.07) is 0. The van der Waals surface area contributed by atoms with Gasteiger partial charge in [-0.25, -0.2) is 0 Å². The van der Waals surface area contributed by atoms with Crippen LogP contribution in [-0.2, 0) is 14.4 Å². The quantitative estimate of drug-likeness (QED) is 0.366. The van der Waals surface area contributed by atoms with Crippen molar-refractivity contribution in [1.29, 1.82) is 0 Å². The van der Waals surface area contributed by atoms with Gasteiger partial charge in [-0.3, -0.25) is 9.80 Å². The second-order valence-electron chi connectivity index (χ2n) is 3.83. The molecule has 9 nitrogen and oxygen atoms in total. The normalized spacial score (nSPS) is 9.86. The van der Waals surface area contributed by atoms with E-state index in [1.807, 2.05) is 0 Å². The molecule has 0 fully saturated rings. The number of hydrogen-bond acceptors (Lipinski definition) is 9. The number of hydrogen-bond donors (Lipinski definition) is 1. The summed E-state index contributed by atoms with van der Waals surface area (Å²) < 4.78 is 0. The van der Waals surface area contributed by atoms with E-state index in [9.17, 15) is 29.7 Å². The van der Waals surface area contributed by atoms with Gasteiger partial charge < -0.3 is 34.8 Å². The number of carbonyl (C=O) groups is 3. The van der Waals surface area contributed by atoms with E-state index in [1.165, 1.54) is 4.90 Å². The molecule has 0 saturated carbocycles. The van der Waals surface area contributed by atoms with Gasteiger partial charge in [0.2, 0.25) is 0 Å². The summed E-state index contributed by atoms with van der Waals surface area (Å²) in [5.74, 6) is -4.25. The third kappa shape index (κ3) is 16.3. The average molecular weight is 323 g/mol. The molecule has 0 spiro atoms. The Hall–Kier alpha value is 0.0562. The minimum Gasteiger partial charge on any atom is -0.549 e. The van der Waals surface area contributed by atoms with Crippen LogP contribution in [0.3, 0.4) is 0 Å². The van der Waals surface area contributed by atoms with Crippen molar-refractivity contribution in [3.8, 4) is 0 Å². The maximum absolute atomic E-state index is 10.4. The molecule has 0 aromatic rings. The molecule has 0 saturated heterocycles. The van der Waals surface area contributed by atoms with Gasteiger partial charge in [0.15, 0.2) is 0 Å². The van der Waals surface area contributed by atoms with E-state index in [2.05, 4.69) is 0 Å². The van der Waals surface area contributed by atoms with Crippen LogP contribution < -0.4 is 44.9 Å². The maximum atomic E-state index is 10.4. The third-order valence-corrected chi connectivity index (χ3v) is 2.21. The predicted octanol–water partition coefficient (Wildman–Crippen LogP) is -9.54. The largest absolute Gasteiger partial charge is 2.00 e. The van der Waals surface area contributed by atoms with Crippen molar-refractivity contribution in [3.05, 3.63) is 0 Å². The van der Waals surface area contributed by atoms with Gasteiger partial charge in [-0.2, -0.15) is 0 Å². The van der Waals surface area contributed by atoms with Gasteiger partial charge in [0.1, 0.15) is 0 Å². The first-order chi connectivity index (χ1) is 8.85. The standard InChI is InChI=1S/C10H18N2O7.Mg.Na/c13-4-3-11(5-8(14)15)1-2-12(6-9(16)17)7-10(18)19;;/h13H,1-7H2,(H,14,15)(H,16,17)(H,18,19);;/q;+2;+1/p-3.